The zero-order chi connectivity index (χ0) is 12.1. The number of carbonyl (C=O) groups excluding carboxylic acids is 2. The third-order valence-corrected chi connectivity index (χ3v) is 2.29. The smallest absolute Gasteiger partial charge is 0.305 e. The molecule has 16 heavy (non-hydrogen) atoms. The van der Waals surface area contributed by atoms with Crippen molar-refractivity contribution in [2.75, 3.05) is 13.1 Å². The van der Waals surface area contributed by atoms with Gasteiger partial charge in [-0.15, -0.1) is 0 Å². The Morgan fingerprint density at radius 3 is 2.88 bits per heavy atom. The fourth-order valence-corrected chi connectivity index (χ4v) is 1.59. The standard InChI is InChI=1S/C10H14N2O4/c1-2-3-8(13)12-5-4-11-10(16)7(12)6-9(14)15/h2-3,7H,4-6H2,1H3,(H,11,16)(H,14,15). The van der Waals surface area contributed by atoms with Crippen molar-refractivity contribution >= 4 is 17.8 Å². The van der Waals surface area contributed by atoms with E-state index in [0.717, 1.165) is 0 Å². The maximum atomic E-state index is 11.6. The molecule has 0 aromatic heterocycles. The number of amides is 2. The number of nitrogens with zero attached hydrogens (tertiary/aromatic N) is 1. The SMILES string of the molecule is CC=CC(=O)N1CCNC(=O)C1CC(=O)O. The van der Waals surface area contributed by atoms with Crippen molar-refractivity contribution in [1.29, 1.82) is 0 Å². The lowest BCUT2D eigenvalue weighted by atomic mass is 10.1. The van der Waals surface area contributed by atoms with Gasteiger partial charge in [0.25, 0.3) is 0 Å². The van der Waals surface area contributed by atoms with E-state index >= 15 is 0 Å². The summed E-state index contributed by atoms with van der Waals surface area (Å²) in [5, 5.41) is 11.2. The highest BCUT2D eigenvalue weighted by molar-refractivity contribution is 5.95. The summed E-state index contributed by atoms with van der Waals surface area (Å²) >= 11 is 0. The molecule has 88 valence electrons. The zero-order valence-corrected chi connectivity index (χ0v) is 8.97. The van der Waals surface area contributed by atoms with Crippen molar-refractivity contribution in [2.45, 2.75) is 19.4 Å². The summed E-state index contributed by atoms with van der Waals surface area (Å²) in [4.78, 5) is 34.9. The van der Waals surface area contributed by atoms with Gasteiger partial charge in [-0.1, -0.05) is 6.08 Å². The van der Waals surface area contributed by atoms with Gasteiger partial charge in [0.05, 0.1) is 6.42 Å². The second kappa shape index (κ2) is 5.29. The molecule has 1 atom stereocenters. The molecule has 6 heteroatoms. The molecule has 6 nitrogen and oxygen atoms in total. The second-order valence-electron chi connectivity index (χ2n) is 3.44. The average Bonchev–Trinajstić information content (AvgIpc) is 2.20. The highest BCUT2D eigenvalue weighted by atomic mass is 16.4. The Bertz CT molecular complexity index is 338. The van der Waals surface area contributed by atoms with Gasteiger partial charge in [-0.2, -0.15) is 0 Å². The van der Waals surface area contributed by atoms with Crippen LogP contribution in [0.1, 0.15) is 13.3 Å². The highest BCUT2D eigenvalue weighted by Gasteiger charge is 2.33. The van der Waals surface area contributed by atoms with Crippen LogP contribution < -0.4 is 5.32 Å². The number of allylic oxidation sites excluding steroid dienone is 1. The topological polar surface area (TPSA) is 86.7 Å². The van der Waals surface area contributed by atoms with E-state index in [-0.39, 0.29) is 12.3 Å². The Labute approximate surface area is 92.9 Å². The lowest BCUT2D eigenvalue weighted by Gasteiger charge is -2.33. The van der Waals surface area contributed by atoms with Crippen molar-refractivity contribution in [1.82, 2.24) is 10.2 Å². The maximum Gasteiger partial charge on any atom is 0.305 e. The molecule has 1 aliphatic heterocycles. The Morgan fingerprint density at radius 2 is 2.31 bits per heavy atom. The Kier molecular flexibility index (Phi) is 4.04. The van der Waals surface area contributed by atoms with E-state index in [1.54, 1.807) is 13.0 Å². The van der Waals surface area contributed by atoms with E-state index in [0.29, 0.717) is 13.1 Å². The maximum absolute atomic E-state index is 11.6. The number of carbonyl (C=O) groups is 3. The minimum absolute atomic E-state index is 0.330. The van der Waals surface area contributed by atoms with Gasteiger partial charge in [-0.05, 0) is 13.0 Å². The van der Waals surface area contributed by atoms with Gasteiger partial charge in [0.15, 0.2) is 0 Å². The number of hydrogen-bond donors (Lipinski definition) is 2. The first-order valence-electron chi connectivity index (χ1n) is 4.99. The number of rotatable bonds is 3. The third-order valence-electron chi connectivity index (χ3n) is 2.29. The Balaban J connectivity index is 2.81. The van der Waals surface area contributed by atoms with Gasteiger partial charge < -0.3 is 15.3 Å². The van der Waals surface area contributed by atoms with Crippen LogP contribution in [0.4, 0.5) is 0 Å². The van der Waals surface area contributed by atoms with Crippen LogP contribution in [0.5, 0.6) is 0 Å². The molecular formula is C10H14N2O4. The summed E-state index contributed by atoms with van der Waals surface area (Å²) in [6, 6.07) is -0.907. The van der Waals surface area contributed by atoms with Crippen molar-refractivity contribution in [3.8, 4) is 0 Å². The minimum atomic E-state index is -1.10. The monoisotopic (exact) mass is 226 g/mol. The highest BCUT2D eigenvalue weighted by Crippen LogP contribution is 2.09. The van der Waals surface area contributed by atoms with Crippen LogP contribution in [0.15, 0.2) is 12.2 Å². The fourth-order valence-electron chi connectivity index (χ4n) is 1.59. The van der Waals surface area contributed by atoms with Gasteiger partial charge in [0.2, 0.25) is 11.8 Å². The molecule has 2 amide bonds. The normalized spacial score (nSPS) is 20.9. The van der Waals surface area contributed by atoms with Crippen molar-refractivity contribution < 1.29 is 19.5 Å². The number of aliphatic carboxylic acids is 1. The first kappa shape index (κ1) is 12.2. The lowest BCUT2D eigenvalue weighted by Crippen LogP contribution is -2.57. The molecule has 1 saturated heterocycles. The van der Waals surface area contributed by atoms with Gasteiger partial charge >= 0.3 is 5.97 Å². The van der Waals surface area contributed by atoms with Crippen LogP contribution in [0.25, 0.3) is 0 Å². The molecular weight excluding hydrogens is 212 g/mol. The summed E-state index contributed by atoms with van der Waals surface area (Å²) in [5.74, 6) is -1.84. The number of hydrogen-bond acceptors (Lipinski definition) is 3. The van der Waals surface area contributed by atoms with Crippen LogP contribution >= 0.6 is 0 Å². The molecule has 1 fully saturated rings. The van der Waals surface area contributed by atoms with E-state index in [1.165, 1.54) is 11.0 Å². The van der Waals surface area contributed by atoms with Gasteiger partial charge in [-0.25, -0.2) is 0 Å². The van der Waals surface area contributed by atoms with Crippen LogP contribution in [0.2, 0.25) is 0 Å². The van der Waals surface area contributed by atoms with Crippen molar-refractivity contribution in [3.63, 3.8) is 0 Å². The first-order valence-corrected chi connectivity index (χ1v) is 4.99. The molecule has 0 radical (unpaired) electrons. The molecule has 0 aromatic carbocycles. The van der Waals surface area contributed by atoms with Gasteiger partial charge in [0, 0.05) is 13.1 Å². The predicted octanol–water partition coefficient (Wildman–Crippen LogP) is -0.636. The predicted molar refractivity (Wildman–Crippen MR) is 55.6 cm³/mol. The van der Waals surface area contributed by atoms with Crippen molar-refractivity contribution in [3.05, 3.63) is 12.2 Å². The molecule has 1 unspecified atom stereocenters. The fraction of sp³-hybridized carbons (Fsp3) is 0.500. The van der Waals surface area contributed by atoms with Crippen LogP contribution in [-0.2, 0) is 14.4 Å². The Hall–Kier alpha value is -1.85. The van der Waals surface area contributed by atoms with E-state index < -0.39 is 17.9 Å². The third kappa shape index (κ3) is 2.82. The van der Waals surface area contributed by atoms with Gasteiger partial charge in [-0.3, -0.25) is 14.4 Å². The molecule has 1 aliphatic rings. The molecule has 0 spiro atoms. The lowest BCUT2D eigenvalue weighted by molar-refractivity contribution is -0.146. The molecule has 0 aromatic rings. The number of carboxylic acid groups (broad SMARTS) is 1. The van der Waals surface area contributed by atoms with E-state index in [9.17, 15) is 14.4 Å². The minimum Gasteiger partial charge on any atom is -0.481 e. The largest absolute Gasteiger partial charge is 0.481 e. The molecule has 0 aliphatic carbocycles. The summed E-state index contributed by atoms with van der Waals surface area (Å²) in [6.45, 7) is 2.39. The molecule has 1 rings (SSSR count). The molecule has 0 saturated carbocycles. The van der Waals surface area contributed by atoms with E-state index in [4.69, 9.17) is 5.11 Å². The Morgan fingerprint density at radius 1 is 1.62 bits per heavy atom. The van der Waals surface area contributed by atoms with E-state index in [1.807, 2.05) is 0 Å². The summed E-state index contributed by atoms with van der Waals surface area (Å²) in [5.41, 5.74) is 0. The average molecular weight is 226 g/mol. The van der Waals surface area contributed by atoms with Crippen LogP contribution in [0, 0.1) is 0 Å². The quantitative estimate of drug-likeness (QED) is 0.627. The van der Waals surface area contributed by atoms with Crippen molar-refractivity contribution in [2.24, 2.45) is 0 Å². The van der Waals surface area contributed by atoms with E-state index in [2.05, 4.69) is 5.32 Å². The molecule has 0 bridgehead atoms. The molecule has 1 heterocycles. The number of carboxylic acids is 1. The van der Waals surface area contributed by atoms with Crippen LogP contribution in [0.3, 0.4) is 0 Å². The molecule has 2 N–H and O–H groups in total. The second-order valence-corrected chi connectivity index (χ2v) is 3.44. The number of piperazine rings is 1. The first-order chi connectivity index (χ1) is 7.56. The van der Waals surface area contributed by atoms with Gasteiger partial charge in [0.1, 0.15) is 6.04 Å². The summed E-state index contributed by atoms with van der Waals surface area (Å²) in [7, 11) is 0. The summed E-state index contributed by atoms with van der Waals surface area (Å²) in [6.07, 6.45) is 2.52. The van der Waals surface area contributed by atoms with Crippen LogP contribution in [-0.4, -0.2) is 46.9 Å². The summed E-state index contributed by atoms with van der Waals surface area (Å²) < 4.78 is 0. The zero-order valence-electron chi connectivity index (χ0n) is 8.97. The number of nitrogens with one attached hydrogen (secondary N) is 1.